The largest absolute Gasteiger partial charge is 0.497 e. The fourth-order valence-corrected chi connectivity index (χ4v) is 4.71. The number of carboxylic acid groups (broad SMARTS) is 1. The molecule has 0 bridgehead atoms. The third kappa shape index (κ3) is 4.81. The zero-order valence-electron chi connectivity index (χ0n) is 19.0. The molecule has 3 N–H and O–H groups in total. The van der Waals surface area contributed by atoms with Crippen molar-refractivity contribution in [2.24, 2.45) is 5.92 Å². The molecule has 0 saturated heterocycles. The van der Waals surface area contributed by atoms with Crippen molar-refractivity contribution < 1.29 is 19.0 Å². The molecule has 5 nitrogen and oxygen atoms in total. The van der Waals surface area contributed by atoms with E-state index in [1.807, 2.05) is 60.7 Å². The number of aliphatic carboxylic acids is 1. The Hall–Kier alpha value is -3.61. The number of hydrogen-bond acceptors (Lipinski definition) is 4. The van der Waals surface area contributed by atoms with Crippen LogP contribution in [0.15, 0.2) is 66.7 Å². The number of hydrazine groups is 1. The van der Waals surface area contributed by atoms with E-state index in [1.54, 1.807) is 13.2 Å². The number of fused-ring (bicyclic) bond motifs is 1. The minimum atomic E-state index is -1.30. The van der Waals surface area contributed by atoms with Crippen LogP contribution in [0.2, 0.25) is 5.02 Å². The summed E-state index contributed by atoms with van der Waals surface area (Å²) in [7, 11) is 1.61. The summed E-state index contributed by atoms with van der Waals surface area (Å²) in [5.74, 6) is 0.00842. The quantitative estimate of drug-likeness (QED) is 0.195. The summed E-state index contributed by atoms with van der Waals surface area (Å²) in [6, 6.07) is 19.1. The summed E-state index contributed by atoms with van der Waals surface area (Å²) in [4.78, 5) is 10.9. The molecular weight excluding hydrogens is 467 g/mol. The maximum atomic E-state index is 14.5. The molecule has 1 unspecified atom stereocenters. The Bertz CT molecular complexity index is 1350. The van der Waals surface area contributed by atoms with Crippen molar-refractivity contribution in [3.05, 3.63) is 99.6 Å². The SMILES string of the molecule is COc1ccc(/C(=C(\c2ccc(/C=C/C(=O)O)cc2)c2ccc3c(c2)C(F)NN3)C2CC2)c(Cl)c1. The highest BCUT2D eigenvalue weighted by Gasteiger charge is 2.32. The van der Waals surface area contributed by atoms with Crippen LogP contribution >= 0.6 is 11.6 Å². The topological polar surface area (TPSA) is 70.6 Å². The van der Waals surface area contributed by atoms with E-state index in [9.17, 15) is 9.18 Å². The summed E-state index contributed by atoms with van der Waals surface area (Å²) >= 11 is 6.75. The minimum absolute atomic E-state index is 0.327. The van der Waals surface area contributed by atoms with Crippen molar-refractivity contribution in [2.45, 2.75) is 19.1 Å². The van der Waals surface area contributed by atoms with Gasteiger partial charge in [-0.1, -0.05) is 41.9 Å². The molecular formula is C28H24ClFN2O3. The van der Waals surface area contributed by atoms with Gasteiger partial charge in [0.2, 0.25) is 0 Å². The van der Waals surface area contributed by atoms with Crippen molar-refractivity contribution in [2.75, 3.05) is 12.5 Å². The number of carbonyl (C=O) groups is 1. The third-order valence-electron chi connectivity index (χ3n) is 6.29. The molecule has 7 heteroatoms. The van der Waals surface area contributed by atoms with Crippen LogP contribution in [0.5, 0.6) is 5.75 Å². The highest BCUT2D eigenvalue weighted by Crippen LogP contribution is 2.50. The van der Waals surface area contributed by atoms with Crippen molar-refractivity contribution in [1.82, 2.24) is 5.43 Å². The Morgan fingerprint density at radius 3 is 2.49 bits per heavy atom. The van der Waals surface area contributed by atoms with Crippen molar-refractivity contribution >= 4 is 40.5 Å². The molecule has 178 valence electrons. The molecule has 5 rings (SSSR count). The van der Waals surface area contributed by atoms with Gasteiger partial charge in [-0.3, -0.25) is 0 Å². The second-order valence-electron chi connectivity index (χ2n) is 8.64. The normalized spacial score (nSPS) is 17.6. The first kappa shape index (κ1) is 23.1. The van der Waals surface area contributed by atoms with Crippen LogP contribution in [-0.4, -0.2) is 18.2 Å². The van der Waals surface area contributed by atoms with Crippen LogP contribution in [0.1, 0.15) is 47.0 Å². The van der Waals surface area contributed by atoms with Crippen LogP contribution in [0.3, 0.4) is 0 Å². The van der Waals surface area contributed by atoms with Crippen molar-refractivity contribution in [3.8, 4) is 5.75 Å². The molecule has 1 aliphatic heterocycles. The predicted octanol–water partition coefficient (Wildman–Crippen LogP) is 6.71. The zero-order chi connectivity index (χ0) is 24.5. The number of hydrogen-bond donors (Lipinski definition) is 3. The average molecular weight is 491 g/mol. The van der Waals surface area contributed by atoms with Crippen LogP contribution < -0.4 is 15.6 Å². The molecule has 0 aromatic heterocycles. The second kappa shape index (κ2) is 9.56. The van der Waals surface area contributed by atoms with E-state index in [4.69, 9.17) is 21.4 Å². The fourth-order valence-electron chi connectivity index (χ4n) is 4.44. The summed E-state index contributed by atoms with van der Waals surface area (Å²) < 4.78 is 19.9. The first-order valence-electron chi connectivity index (χ1n) is 11.3. The molecule has 3 aromatic rings. The van der Waals surface area contributed by atoms with Gasteiger partial charge in [0.25, 0.3) is 0 Å². The lowest BCUT2D eigenvalue weighted by molar-refractivity contribution is -0.131. The number of rotatable bonds is 7. The molecule has 1 atom stereocenters. The fraction of sp³-hybridized carbons (Fsp3) is 0.179. The van der Waals surface area contributed by atoms with E-state index >= 15 is 0 Å². The molecule has 0 spiro atoms. The number of ether oxygens (including phenoxy) is 1. The van der Waals surface area contributed by atoms with Gasteiger partial charge in [-0.25, -0.2) is 14.6 Å². The number of methoxy groups -OCH3 is 1. The molecule has 0 amide bonds. The number of anilines is 1. The number of benzene rings is 3. The highest BCUT2D eigenvalue weighted by molar-refractivity contribution is 6.33. The van der Waals surface area contributed by atoms with Crippen LogP contribution in [-0.2, 0) is 4.79 Å². The lowest BCUT2D eigenvalue weighted by atomic mass is 9.86. The molecule has 1 saturated carbocycles. The van der Waals surface area contributed by atoms with Crippen LogP contribution in [0.4, 0.5) is 10.1 Å². The van der Waals surface area contributed by atoms with Gasteiger partial charge in [0.15, 0.2) is 6.30 Å². The first-order valence-corrected chi connectivity index (χ1v) is 11.7. The molecule has 1 heterocycles. The number of allylic oxidation sites excluding steroid dienone is 1. The molecule has 3 aromatic carbocycles. The number of alkyl halides is 1. The third-order valence-corrected chi connectivity index (χ3v) is 6.60. The average Bonchev–Trinajstić information content (AvgIpc) is 3.64. The van der Waals surface area contributed by atoms with E-state index < -0.39 is 12.3 Å². The summed E-state index contributed by atoms with van der Waals surface area (Å²) in [5, 5.41) is 9.53. The molecule has 35 heavy (non-hydrogen) atoms. The van der Waals surface area contributed by atoms with Crippen molar-refractivity contribution in [1.29, 1.82) is 0 Å². The summed E-state index contributed by atoms with van der Waals surface area (Å²) in [6.07, 6.45) is 3.45. The van der Waals surface area contributed by atoms with E-state index in [0.29, 0.717) is 27.9 Å². The Kier molecular flexibility index (Phi) is 6.32. The van der Waals surface area contributed by atoms with E-state index in [2.05, 4.69) is 10.9 Å². The Morgan fingerprint density at radius 2 is 1.83 bits per heavy atom. The summed E-state index contributed by atoms with van der Waals surface area (Å²) in [6.45, 7) is 0. The highest BCUT2D eigenvalue weighted by atomic mass is 35.5. The van der Waals surface area contributed by atoms with Gasteiger partial charge >= 0.3 is 5.97 Å². The Labute approximate surface area is 207 Å². The zero-order valence-corrected chi connectivity index (χ0v) is 19.8. The molecule has 2 aliphatic rings. The molecule has 1 aliphatic carbocycles. The summed E-state index contributed by atoms with van der Waals surface area (Å²) in [5.41, 5.74) is 12.4. The number of carboxylic acids is 1. The van der Waals surface area contributed by atoms with Gasteiger partial charge < -0.3 is 15.3 Å². The molecule has 0 radical (unpaired) electrons. The van der Waals surface area contributed by atoms with Gasteiger partial charge in [0, 0.05) is 11.6 Å². The standard InChI is InChI=1S/C28H24ClFN2O3/c1-35-20-10-11-21(23(29)15-20)27(18-7-8-18)26(17-5-2-16(3-6-17)4-13-25(33)34)19-9-12-24-22(14-19)28(30)32-31-24/h2-6,9-15,18,28,31-32H,7-8H2,1H3,(H,33,34)/b13-4+,27-26+. The van der Waals surface area contributed by atoms with E-state index in [1.165, 1.54) is 0 Å². The predicted molar refractivity (Wildman–Crippen MR) is 137 cm³/mol. The Balaban J connectivity index is 1.71. The minimum Gasteiger partial charge on any atom is -0.497 e. The van der Waals surface area contributed by atoms with Gasteiger partial charge in [0.1, 0.15) is 5.75 Å². The maximum Gasteiger partial charge on any atom is 0.328 e. The van der Waals surface area contributed by atoms with Crippen molar-refractivity contribution in [3.63, 3.8) is 0 Å². The number of nitrogens with one attached hydrogen (secondary N) is 2. The van der Waals surface area contributed by atoms with E-state index in [0.717, 1.165) is 52.3 Å². The first-order chi connectivity index (χ1) is 16.9. The molecule has 1 fully saturated rings. The van der Waals surface area contributed by atoms with Gasteiger partial charge in [-0.05, 0) is 88.6 Å². The van der Waals surface area contributed by atoms with Gasteiger partial charge in [0.05, 0.1) is 17.8 Å². The maximum absolute atomic E-state index is 14.5. The smallest absolute Gasteiger partial charge is 0.328 e. The number of halogens is 2. The van der Waals surface area contributed by atoms with Gasteiger partial charge in [-0.15, -0.1) is 0 Å². The second-order valence-corrected chi connectivity index (χ2v) is 9.04. The lowest BCUT2D eigenvalue weighted by Crippen LogP contribution is -2.14. The van der Waals surface area contributed by atoms with E-state index in [-0.39, 0.29) is 0 Å². The van der Waals surface area contributed by atoms with Crippen LogP contribution in [0, 0.1) is 5.92 Å². The lowest BCUT2D eigenvalue weighted by Gasteiger charge is -2.19. The monoisotopic (exact) mass is 490 g/mol. The Morgan fingerprint density at radius 1 is 1.09 bits per heavy atom. The van der Waals surface area contributed by atoms with Crippen LogP contribution in [0.25, 0.3) is 17.2 Å². The van der Waals surface area contributed by atoms with Gasteiger partial charge in [-0.2, -0.15) is 0 Å².